The lowest BCUT2D eigenvalue weighted by molar-refractivity contribution is -0.0499. The van der Waals surface area contributed by atoms with E-state index < -0.39 is 0 Å². The zero-order chi connectivity index (χ0) is 16.4. The average Bonchev–Trinajstić information content (AvgIpc) is 3.19. The zero-order valence-electron chi connectivity index (χ0n) is 14.5. The molecule has 3 N–H and O–H groups in total. The molecule has 138 valence electrons. The Morgan fingerprint density at radius 1 is 1.00 bits per heavy atom. The first-order valence-corrected chi connectivity index (χ1v) is 10.4. The van der Waals surface area contributed by atoms with E-state index in [4.69, 9.17) is 14.2 Å². The normalized spacial score (nSPS) is 47.6. The van der Waals surface area contributed by atoms with Crippen molar-refractivity contribution < 1.29 is 14.2 Å². The molecular weight excluding hydrogens is 326 g/mol. The van der Waals surface area contributed by atoms with Crippen molar-refractivity contribution in [2.24, 2.45) is 5.92 Å². The first kappa shape index (κ1) is 17.5. The van der Waals surface area contributed by atoms with Crippen molar-refractivity contribution in [2.45, 2.75) is 67.5 Å². The van der Waals surface area contributed by atoms with Crippen LogP contribution in [-0.2, 0) is 14.2 Å². The summed E-state index contributed by atoms with van der Waals surface area (Å²) in [5.41, 5.74) is 7.15. The van der Waals surface area contributed by atoms with Crippen molar-refractivity contribution in [3.63, 3.8) is 0 Å². The molecule has 4 bridgehead atoms. The second kappa shape index (κ2) is 8.20. The molecule has 0 amide bonds. The maximum Gasteiger partial charge on any atom is 0.0773 e. The van der Waals surface area contributed by atoms with Crippen LogP contribution in [-0.4, -0.2) is 67.9 Å². The molecule has 0 aromatic heterocycles. The van der Waals surface area contributed by atoms with E-state index in [1.807, 2.05) is 11.8 Å². The summed E-state index contributed by atoms with van der Waals surface area (Å²) in [5, 5.41) is 4.61. The molecule has 7 heteroatoms. The van der Waals surface area contributed by atoms with Gasteiger partial charge in [-0.25, -0.2) is 0 Å². The minimum Gasteiger partial charge on any atom is -0.379 e. The van der Waals surface area contributed by atoms with Crippen molar-refractivity contribution in [1.29, 1.82) is 0 Å². The van der Waals surface area contributed by atoms with Gasteiger partial charge in [-0.1, -0.05) is 0 Å². The molecular formula is C17H31N3O3S. The highest BCUT2D eigenvalue weighted by Gasteiger charge is 2.46. The molecule has 0 spiro atoms. The number of ether oxygens (including phenoxy) is 3. The van der Waals surface area contributed by atoms with E-state index >= 15 is 0 Å². The van der Waals surface area contributed by atoms with Gasteiger partial charge in [-0.15, -0.1) is 11.8 Å². The number of nitrogens with one attached hydrogen (secondary N) is 3. The summed E-state index contributed by atoms with van der Waals surface area (Å²) in [5.74, 6) is 0.666. The predicted octanol–water partition coefficient (Wildman–Crippen LogP) is 0.873. The van der Waals surface area contributed by atoms with Crippen LogP contribution < -0.4 is 16.2 Å². The molecule has 3 saturated heterocycles. The molecule has 0 radical (unpaired) electrons. The minimum absolute atomic E-state index is 0.271. The molecule has 3 aliphatic heterocycles. The smallest absolute Gasteiger partial charge is 0.0773 e. The van der Waals surface area contributed by atoms with Crippen LogP contribution in [0.15, 0.2) is 0 Å². The van der Waals surface area contributed by atoms with E-state index in [0.717, 1.165) is 26.2 Å². The van der Waals surface area contributed by atoms with E-state index in [1.165, 1.54) is 19.3 Å². The summed E-state index contributed by atoms with van der Waals surface area (Å²) in [6, 6.07) is 1.12. The highest BCUT2D eigenvalue weighted by atomic mass is 32.2. The molecule has 1 saturated carbocycles. The van der Waals surface area contributed by atoms with Crippen molar-refractivity contribution in [3.05, 3.63) is 0 Å². The Morgan fingerprint density at radius 3 is 2.88 bits per heavy atom. The SMILES string of the molecule is C[C@H]1CCOCCOCC2NCC(S2)C2NNC3CCC(CC32)O1. The van der Waals surface area contributed by atoms with Gasteiger partial charge in [-0.3, -0.25) is 10.9 Å². The van der Waals surface area contributed by atoms with Crippen LogP contribution >= 0.6 is 11.8 Å². The molecule has 0 aromatic carbocycles. The maximum absolute atomic E-state index is 6.34. The first-order valence-electron chi connectivity index (χ1n) is 9.50. The number of hydrogen-bond acceptors (Lipinski definition) is 7. The van der Waals surface area contributed by atoms with Crippen LogP contribution in [0.25, 0.3) is 0 Å². The maximum atomic E-state index is 6.34. The number of hydrogen-bond donors (Lipinski definition) is 3. The van der Waals surface area contributed by atoms with E-state index in [1.54, 1.807) is 0 Å². The average molecular weight is 358 g/mol. The summed E-state index contributed by atoms with van der Waals surface area (Å²) < 4.78 is 17.8. The highest BCUT2D eigenvalue weighted by molar-refractivity contribution is 8.00. The lowest BCUT2D eigenvalue weighted by atomic mass is 9.79. The molecule has 4 fully saturated rings. The topological polar surface area (TPSA) is 63.8 Å². The minimum atomic E-state index is 0.271. The predicted molar refractivity (Wildman–Crippen MR) is 94.9 cm³/mol. The van der Waals surface area contributed by atoms with Gasteiger partial charge in [-0.05, 0) is 38.5 Å². The lowest BCUT2D eigenvalue weighted by Gasteiger charge is -2.35. The fraction of sp³-hybridized carbons (Fsp3) is 1.00. The molecule has 0 aromatic rings. The molecule has 1 aliphatic carbocycles. The molecule has 7 atom stereocenters. The Bertz CT molecular complexity index is 417. The van der Waals surface area contributed by atoms with Gasteiger partial charge in [0.05, 0.1) is 37.4 Å². The third kappa shape index (κ3) is 4.09. The first-order chi connectivity index (χ1) is 11.8. The summed E-state index contributed by atoms with van der Waals surface area (Å²) in [6.07, 6.45) is 5.18. The summed E-state index contributed by atoms with van der Waals surface area (Å²) in [7, 11) is 0. The summed E-state index contributed by atoms with van der Waals surface area (Å²) in [4.78, 5) is 0. The van der Waals surface area contributed by atoms with Gasteiger partial charge < -0.3 is 19.5 Å². The van der Waals surface area contributed by atoms with Crippen molar-refractivity contribution >= 4 is 11.8 Å². The molecule has 24 heavy (non-hydrogen) atoms. The Labute approximate surface area is 149 Å². The monoisotopic (exact) mass is 357 g/mol. The molecule has 4 rings (SSSR count). The van der Waals surface area contributed by atoms with Crippen LogP contribution in [0.3, 0.4) is 0 Å². The van der Waals surface area contributed by atoms with Crippen LogP contribution in [0.1, 0.15) is 32.6 Å². The van der Waals surface area contributed by atoms with Gasteiger partial charge in [0.1, 0.15) is 0 Å². The van der Waals surface area contributed by atoms with Crippen molar-refractivity contribution in [1.82, 2.24) is 16.2 Å². The van der Waals surface area contributed by atoms with Gasteiger partial charge in [0.2, 0.25) is 0 Å². The Kier molecular flexibility index (Phi) is 5.99. The van der Waals surface area contributed by atoms with Crippen LogP contribution in [0.5, 0.6) is 0 Å². The Hall–Kier alpha value is 0.110. The molecule has 6 nitrogen and oxygen atoms in total. The zero-order valence-corrected chi connectivity index (χ0v) is 15.4. The van der Waals surface area contributed by atoms with E-state index in [2.05, 4.69) is 23.1 Å². The van der Waals surface area contributed by atoms with E-state index in [9.17, 15) is 0 Å². The second-order valence-electron chi connectivity index (χ2n) is 7.51. The molecule has 4 aliphatic rings. The lowest BCUT2D eigenvalue weighted by Crippen LogP contribution is -2.43. The van der Waals surface area contributed by atoms with Gasteiger partial charge in [0.25, 0.3) is 0 Å². The third-order valence-corrected chi connectivity index (χ3v) is 7.21. The number of thioether (sulfide) groups is 1. The van der Waals surface area contributed by atoms with Crippen LogP contribution in [0.2, 0.25) is 0 Å². The number of fused-ring (bicyclic) bond motifs is 4. The molecule has 3 heterocycles. The van der Waals surface area contributed by atoms with Crippen molar-refractivity contribution in [2.75, 3.05) is 33.0 Å². The van der Waals surface area contributed by atoms with Gasteiger partial charge in [0.15, 0.2) is 0 Å². The summed E-state index contributed by atoms with van der Waals surface area (Å²) in [6.45, 7) is 6.11. The van der Waals surface area contributed by atoms with E-state index in [-0.39, 0.29) is 6.10 Å². The summed E-state index contributed by atoms with van der Waals surface area (Å²) >= 11 is 2.03. The largest absolute Gasteiger partial charge is 0.379 e. The standard InChI is InChI=1S/C17H31N3O3S/c1-11-4-5-21-6-7-22-10-16-18-9-15(24-16)17-13-8-12(23-11)2-3-14(13)19-20-17/h11-20H,2-10H2,1H3/t11-,12?,13?,14?,15?,16?,17?/m0/s1. The van der Waals surface area contributed by atoms with Gasteiger partial charge in [-0.2, -0.15) is 0 Å². The molecule has 6 unspecified atom stereocenters. The Morgan fingerprint density at radius 2 is 1.92 bits per heavy atom. The number of hydrazine groups is 1. The third-order valence-electron chi connectivity index (χ3n) is 5.77. The quantitative estimate of drug-likeness (QED) is 0.595. The van der Waals surface area contributed by atoms with Crippen molar-refractivity contribution in [3.8, 4) is 0 Å². The van der Waals surface area contributed by atoms with Gasteiger partial charge >= 0.3 is 0 Å². The fourth-order valence-electron chi connectivity index (χ4n) is 4.46. The van der Waals surface area contributed by atoms with Crippen LogP contribution in [0.4, 0.5) is 0 Å². The van der Waals surface area contributed by atoms with Gasteiger partial charge in [0, 0.05) is 30.5 Å². The van der Waals surface area contributed by atoms with Crippen LogP contribution in [0, 0.1) is 5.92 Å². The highest BCUT2D eigenvalue weighted by Crippen LogP contribution is 2.38. The fourth-order valence-corrected chi connectivity index (χ4v) is 5.89. The second-order valence-corrected chi connectivity index (χ2v) is 8.96. The van der Waals surface area contributed by atoms with E-state index in [0.29, 0.717) is 47.9 Å². The number of rotatable bonds is 0. The Balaban J connectivity index is 1.42.